The minimum absolute atomic E-state index is 0.140. The van der Waals surface area contributed by atoms with Gasteiger partial charge in [-0.3, -0.25) is 9.78 Å². The lowest BCUT2D eigenvalue weighted by molar-refractivity contribution is 1.02. The molecule has 4 heteroatoms. The van der Waals surface area contributed by atoms with Crippen molar-refractivity contribution in [3.63, 3.8) is 0 Å². The summed E-state index contributed by atoms with van der Waals surface area (Å²) in [5, 5.41) is 0. The van der Waals surface area contributed by atoms with Crippen molar-refractivity contribution in [1.82, 2.24) is 15.0 Å². The fourth-order valence-electron chi connectivity index (χ4n) is 1.42. The number of nitrogens with one attached hydrogen (secondary N) is 1. The van der Waals surface area contributed by atoms with Gasteiger partial charge >= 0.3 is 0 Å². The van der Waals surface area contributed by atoms with Crippen molar-refractivity contribution in [3.05, 3.63) is 46.3 Å². The van der Waals surface area contributed by atoms with Gasteiger partial charge in [0.1, 0.15) is 5.82 Å². The molecular weight excluding hydrogens is 190 g/mol. The smallest absolute Gasteiger partial charge is 0.251 e. The van der Waals surface area contributed by atoms with Crippen molar-refractivity contribution in [3.8, 4) is 11.3 Å². The van der Waals surface area contributed by atoms with Crippen LogP contribution in [-0.2, 0) is 0 Å². The van der Waals surface area contributed by atoms with E-state index in [1.807, 2.05) is 13.0 Å². The first kappa shape index (κ1) is 9.58. The van der Waals surface area contributed by atoms with E-state index in [4.69, 9.17) is 0 Å². The number of aromatic nitrogens is 3. The number of rotatable bonds is 1. The van der Waals surface area contributed by atoms with Gasteiger partial charge in [-0.15, -0.1) is 0 Å². The summed E-state index contributed by atoms with van der Waals surface area (Å²) in [6, 6.07) is 3.43. The summed E-state index contributed by atoms with van der Waals surface area (Å²) in [5.74, 6) is 0.610. The van der Waals surface area contributed by atoms with Gasteiger partial charge in [0.15, 0.2) is 0 Å². The zero-order valence-electron chi connectivity index (χ0n) is 8.61. The van der Waals surface area contributed by atoms with Crippen LogP contribution in [0.25, 0.3) is 11.3 Å². The maximum absolute atomic E-state index is 11.3. The number of H-pyrrole nitrogens is 1. The van der Waals surface area contributed by atoms with Gasteiger partial charge in [0.2, 0.25) is 0 Å². The Morgan fingerprint density at radius 3 is 2.67 bits per heavy atom. The quantitative estimate of drug-likeness (QED) is 0.759. The van der Waals surface area contributed by atoms with Gasteiger partial charge < -0.3 is 4.98 Å². The number of hydrogen-bond donors (Lipinski definition) is 1. The monoisotopic (exact) mass is 201 g/mol. The van der Waals surface area contributed by atoms with Gasteiger partial charge in [-0.05, 0) is 25.5 Å². The average molecular weight is 201 g/mol. The molecule has 0 atom stereocenters. The van der Waals surface area contributed by atoms with Gasteiger partial charge in [-0.25, -0.2) is 4.98 Å². The molecule has 0 saturated carbocycles. The van der Waals surface area contributed by atoms with E-state index in [9.17, 15) is 4.79 Å². The fourth-order valence-corrected chi connectivity index (χ4v) is 1.42. The summed E-state index contributed by atoms with van der Waals surface area (Å²) >= 11 is 0. The van der Waals surface area contributed by atoms with Crippen LogP contribution in [0.2, 0.25) is 0 Å². The molecule has 0 unspecified atom stereocenters. The van der Waals surface area contributed by atoms with E-state index in [1.54, 1.807) is 19.3 Å². The molecule has 2 heterocycles. The molecule has 1 N–H and O–H groups in total. The SMILES string of the molecule is Cc1cncc(-c2cc(=O)[nH]c(C)n2)c1. The molecule has 15 heavy (non-hydrogen) atoms. The van der Waals surface area contributed by atoms with Gasteiger partial charge in [0, 0.05) is 24.0 Å². The van der Waals surface area contributed by atoms with Crippen LogP contribution in [0.1, 0.15) is 11.4 Å². The largest absolute Gasteiger partial charge is 0.311 e. The third kappa shape index (κ3) is 2.10. The Morgan fingerprint density at radius 1 is 1.20 bits per heavy atom. The van der Waals surface area contributed by atoms with E-state index in [0.29, 0.717) is 11.5 Å². The average Bonchev–Trinajstić information content (AvgIpc) is 2.16. The first-order valence-electron chi connectivity index (χ1n) is 4.65. The number of hydrogen-bond acceptors (Lipinski definition) is 3. The number of nitrogens with zero attached hydrogens (tertiary/aromatic N) is 2. The second-order valence-electron chi connectivity index (χ2n) is 3.47. The molecular formula is C11H11N3O. The van der Waals surface area contributed by atoms with Crippen LogP contribution >= 0.6 is 0 Å². The maximum Gasteiger partial charge on any atom is 0.251 e. The predicted molar refractivity (Wildman–Crippen MR) is 57.6 cm³/mol. The van der Waals surface area contributed by atoms with Crippen LogP contribution in [-0.4, -0.2) is 15.0 Å². The standard InChI is InChI=1S/C11H11N3O/c1-7-3-9(6-12-5-7)10-4-11(15)14-8(2)13-10/h3-6H,1-2H3,(H,13,14,15). The van der Waals surface area contributed by atoms with Crippen LogP contribution in [0.5, 0.6) is 0 Å². The number of aromatic amines is 1. The summed E-state index contributed by atoms with van der Waals surface area (Å²) in [5.41, 5.74) is 2.43. The van der Waals surface area contributed by atoms with Crippen molar-refractivity contribution in [2.24, 2.45) is 0 Å². The summed E-state index contributed by atoms with van der Waals surface area (Å²) in [7, 11) is 0. The van der Waals surface area contributed by atoms with E-state index in [-0.39, 0.29) is 5.56 Å². The highest BCUT2D eigenvalue weighted by Gasteiger charge is 2.02. The van der Waals surface area contributed by atoms with Crippen LogP contribution in [0.15, 0.2) is 29.3 Å². The van der Waals surface area contributed by atoms with Gasteiger partial charge in [-0.1, -0.05) is 0 Å². The van der Waals surface area contributed by atoms with Crippen molar-refractivity contribution in [2.75, 3.05) is 0 Å². The Kier molecular flexibility index (Phi) is 2.33. The molecule has 2 rings (SSSR count). The zero-order valence-corrected chi connectivity index (χ0v) is 8.61. The van der Waals surface area contributed by atoms with Crippen molar-refractivity contribution >= 4 is 0 Å². The molecule has 0 saturated heterocycles. The molecule has 0 amide bonds. The minimum Gasteiger partial charge on any atom is -0.311 e. The van der Waals surface area contributed by atoms with E-state index in [0.717, 1.165) is 11.1 Å². The second kappa shape index (κ2) is 3.65. The topological polar surface area (TPSA) is 58.6 Å². The molecule has 0 aliphatic heterocycles. The Bertz CT molecular complexity index is 546. The van der Waals surface area contributed by atoms with Gasteiger partial charge in [0.05, 0.1) is 5.69 Å². The number of aryl methyl sites for hydroxylation is 2. The highest BCUT2D eigenvalue weighted by molar-refractivity contribution is 5.57. The van der Waals surface area contributed by atoms with Crippen LogP contribution in [0.3, 0.4) is 0 Å². The Labute approximate surface area is 87.0 Å². The lowest BCUT2D eigenvalue weighted by Gasteiger charge is -2.01. The first-order chi connectivity index (χ1) is 7.15. The lowest BCUT2D eigenvalue weighted by Crippen LogP contribution is -2.08. The molecule has 0 aliphatic rings. The molecule has 0 radical (unpaired) electrons. The summed E-state index contributed by atoms with van der Waals surface area (Å²) in [6.07, 6.45) is 3.47. The molecule has 0 fully saturated rings. The first-order valence-corrected chi connectivity index (χ1v) is 4.65. The third-order valence-electron chi connectivity index (χ3n) is 2.03. The minimum atomic E-state index is -0.140. The molecule has 2 aromatic rings. The Balaban J connectivity index is 2.59. The van der Waals surface area contributed by atoms with E-state index >= 15 is 0 Å². The van der Waals surface area contributed by atoms with Crippen molar-refractivity contribution < 1.29 is 0 Å². The van der Waals surface area contributed by atoms with E-state index in [1.165, 1.54) is 6.07 Å². The number of pyridine rings is 1. The van der Waals surface area contributed by atoms with E-state index < -0.39 is 0 Å². The van der Waals surface area contributed by atoms with E-state index in [2.05, 4.69) is 15.0 Å². The zero-order chi connectivity index (χ0) is 10.8. The maximum atomic E-state index is 11.3. The van der Waals surface area contributed by atoms with Crippen molar-refractivity contribution in [2.45, 2.75) is 13.8 Å². The molecule has 0 aliphatic carbocycles. The van der Waals surface area contributed by atoms with Crippen LogP contribution in [0.4, 0.5) is 0 Å². The third-order valence-corrected chi connectivity index (χ3v) is 2.03. The second-order valence-corrected chi connectivity index (χ2v) is 3.47. The van der Waals surface area contributed by atoms with Gasteiger partial charge in [-0.2, -0.15) is 0 Å². The highest BCUT2D eigenvalue weighted by Crippen LogP contribution is 2.14. The molecule has 76 valence electrons. The fraction of sp³-hybridized carbons (Fsp3) is 0.182. The lowest BCUT2D eigenvalue weighted by atomic mass is 10.1. The summed E-state index contributed by atoms with van der Waals surface area (Å²) in [6.45, 7) is 3.71. The Hall–Kier alpha value is -1.97. The summed E-state index contributed by atoms with van der Waals surface area (Å²) in [4.78, 5) is 22.2. The van der Waals surface area contributed by atoms with Crippen molar-refractivity contribution in [1.29, 1.82) is 0 Å². The highest BCUT2D eigenvalue weighted by atomic mass is 16.1. The molecule has 0 aromatic carbocycles. The normalized spacial score (nSPS) is 10.3. The van der Waals surface area contributed by atoms with Gasteiger partial charge in [0.25, 0.3) is 5.56 Å². The van der Waals surface area contributed by atoms with Crippen LogP contribution in [0, 0.1) is 13.8 Å². The Morgan fingerprint density at radius 2 is 2.00 bits per heavy atom. The molecule has 4 nitrogen and oxygen atoms in total. The molecule has 0 bridgehead atoms. The van der Waals surface area contributed by atoms with Crippen LogP contribution < -0.4 is 5.56 Å². The predicted octanol–water partition coefficient (Wildman–Crippen LogP) is 1.45. The molecule has 0 spiro atoms. The molecule has 2 aromatic heterocycles. The summed E-state index contributed by atoms with van der Waals surface area (Å²) < 4.78 is 0.